The number of ether oxygens (including phenoxy) is 1. The van der Waals surface area contributed by atoms with Gasteiger partial charge in [0.15, 0.2) is 0 Å². The summed E-state index contributed by atoms with van der Waals surface area (Å²) in [7, 11) is 0. The minimum atomic E-state index is -1.43. The molecule has 0 aliphatic heterocycles. The van der Waals surface area contributed by atoms with Crippen LogP contribution in [-0.2, 0) is 14.3 Å². The Morgan fingerprint density at radius 2 is 1.82 bits per heavy atom. The van der Waals surface area contributed by atoms with E-state index < -0.39 is 48.7 Å². The number of nitrogens with one attached hydrogen (secondary N) is 2. The number of hydrogen-bond acceptors (Lipinski definition) is 7. The normalized spacial score (nSPS) is 12.7. The molecule has 0 radical (unpaired) electrons. The zero-order chi connectivity index (χ0) is 25.0. The molecule has 182 valence electrons. The number of alkyl carbamates (subject to hydrolysis) is 1. The van der Waals surface area contributed by atoms with Crippen LogP contribution in [0.2, 0.25) is 0 Å². The van der Waals surface area contributed by atoms with Crippen molar-refractivity contribution < 1.29 is 29.3 Å². The van der Waals surface area contributed by atoms with Crippen LogP contribution in [0.5, 0.6) is 5.75 Å². The molecule has 1 rings (SSSR count). The number of carbonyl (C=O) groups excluding carboxylic acids is 3. The van der Waals surface area contributed by atoms with Crippen molar-refractivity contribution in [2.45, 2.75) is 64.6 Å². The molecule has 0 fully saturated rings. The Kier molecular flexibility index (Phi) is 11.2. The maximum absolute atomic E-state index is 13.2. The average molecular weight is 463 g/mol. The quantitative estimate of drug-likeness (QED) is 0.290. The van der Waals surface area contributed by atoms with Gasteiger partial charge in [-0.1, -0.05) is 31.9 Å². The Labute approximate surface area is 194 Å². The van der Waals surface area contributed by atoms with Gasteiger partial charge in [-0.15, -0.1) is 0 Å². The first-order chi connectivity index (χ1) is 15.5. The second-order valence-corrected chi connectivity index (χ2v) is 8.50. The van der Waals surface area contributed by atoms with Crippen molar-refractivity contribution in [3.05, 3.63) is 29.8 Å². The van der Waals surface area contributed by atoms with Gasteiger partial charge >= 0.3 is 6.09 Å². The van der Waals surface area contributed by atoms with Crippen LogP contribution in [-0.4, -0.2) is 64.4 Å². The summed E-state index contributed by atoms with van der Waals surface area (Å²) < 4.78 is 5.14. The number of phenolic OH excluding ortho intramolecular Hbond substituents is 1. The van der Waals surface area contributed by atoms with Crippen molar-refractivity contribution in [1.29, 1.82) is 5.26 Å². The maximum atomic E-state index is 13.2. The summed E-state index contributed by atoms with van der Waals surface area (Å²) in [6.45, 7) is 6.12. The lowest BCUT2D eigenvalue weighted by molar-refractivity contribution is -0.142. The number of benzene rings is 1. The molecule has 2 atom stereocenters. The second-order valence-electron chi connectivity index (χ2n) is 8.50. The summed E-state index contributed by atoms with van der Waals surface area (Å²) in [4.78, 5) is 39.5. The van der Waals surface area contributed by atoms with Gasteiger partial charge in [-0.05, 0) is 44.9 Å². The molecule has 0 saturated heterocycles. The number of amides is 3. The monoisotopic (exact) mass is 462 g/mol. The van der Waals surface area contributed by atoms with Gasteiger partial charge in [0, 0.05) is 6.54 Å². The lowest BCUT2D eigenvalue weighted by Gasteiger charge is -2.32. The Bertz CT molecular complexity index is 829. The largest absolute Gasteiger partial charge is 0.508 e. The third-order valence-corrected chi connectivity index (χ3v) is 4.54. The number of nitriles is 1. The number of carbonyl (C=O) groups is 3. The van der Waals surface area contributed by atoms with Crippen LogP contribution in [0, 0.1) is 11.3 Å². The van der Waals surface area contributed by atoms with E-state index in [1.807, 2.05) is 13.0 Å². The molecule has 0 spiro atoms. The summed E-state index contributed by atoms with van der Waals surface area (Å²) in [5.41, 5.74) is -0.467. The summed E-state index contributed by atoms with van der Waals surface area (Å²) in [6, 6.07) is 4.89. The molecule has 0 saturated carbocycles. The summed E-state index contributed by atoms with van der Waals surface area (Å²) in [5, 5.41) is 33.8. The first-order valence-electron chi connectivity index (χ1n) is 10.9. The van der Waals surface area contributed by atoms with Gasteiger partial charge < -0.3 is 30.5 Å². The average Bonchev–Trinajstić information content (AvgIpc) is 2.74. The molecule has 0 heterocycles. The van der Waals surface area contributed by atoms with Crippen molar-refractivity contribution >= 4 is 17.9 Å². The van der Waals surface area contributed by atoms with Crippen LogP contribution in [0.4, 0.5) is 4.79 Å². The highest BCUT2D eigenvalue weighted by atomic mass is 16.6. The highest BCUT2D eigenvalue weighted by Gasteiger charge is 2.36. The Morgan fingerprint density at radius 1 is 1.18 bits per heavy atom. The third kappa shape index (κ3) is 9.37. The number of phenols is 1. The van der Waals surface area contributed by atoms with E-state index in [1.54, 1.807) is 20.8 Å². The molecule has 4 N–H and O–H groups in total. The summed E-state index contributed by atoms with van der Waals surface area (Å²) in [6.07, 6.45) is 1.70. The van der Waals surface area contributed by atoms with E-state index in [-0.39, 0.29) is 5.75 Å². The van der Waals surface area contributed by atoms with Gasteiger partial charge in [0.1, 0.15) is 30.0 Å². The van der Waals surface area contributed by atoms with Crippen molar-refractivity contribution in [2.24, 2.45) is 0 Å². The molecule has 33 heavy (non-hydrogen) atoms. The van der Waals surface area contributed by atoms with Gasteiger partial charge in [-0.2, -0.15) is 5.26 Å². The molecule has 10 nitrogen and oxygen atoms in total. The van der Waals surface area contributed by atoms with Gasteiger partial charge in [0.25, 0.3) is 0 Å². The topological polar surface area (TPSA) is 152 Å². The van der Waals surface area contributed by atoms with E-state index in [9.17, 15) is 29.9 Å². The van der Waals surface area contributed by atoms with Gasteiger partial charge in [0.2, 0.25) is 11.8 Å². The molecular weight excluding hydrogens is 428 g/mol. The maximum Gasteiger partial charge on any atom is 0.408 e. The molecule has 0 aliphatic rings. The summed E-state index contributed by atoms with van der Waals surface area (Å²) in [5.74, 6) is -1.38. The molecule has 1 aromatic carbocycles. The smallest absolute Gasteiger partial charge is 0.408 e. The number of aliphatic hydroxyl groups excluding tert-OH is 1. The number of unbranched alkanes of at least 4 members (excludes halogenated alkanes) is 2. The zero-order valence-corrected chi connectivity index (χ0v) is 19.6. The minimum Gasteiger partial charge on any atom is -0.508 e. The second kappa shape index (κ2) is 13.3. The summed E-state index contributed by atoms with van der Waals surface area (Å²) >= 11 is 0. The highest BCUT2D eigenvalue weighted by Crippen LogP contribution is 2.24. The molecule has 10 heteroatoms. The lowest BCUT2D eigenvalue weighted by atomic mass is 10.0. The predicted octanol–water partition coefficient (Wildman–Crippen LogP) is 1.98. The number of aromatic hydroxyl groups is 1. The first kappa shape index (κ1) is 27.7. The van der Waals surface area contributed by atoms with Gasteiger partial charge in [-0.3, -0.25) is 9.59 Å². The standard InChI is InChI=1S/C23H34N4O6/c1-5-6-7-13-25-20(30)19(16-8-10-17(29)11-9-16)27(14-12-24)21(31)18(15-28)26-22(32)33-23(2,3)4/h8-11,18-19,28-29H,5-7,13-15H2,1-4H3,(H,25,30)(H,26,32). The Morgan fingerprint density at radius 3 is 2.33 bits per heavy atom. The van der Waals surface area contributed by atoms with Crippen LogP contribution in [0.15, 0.2) is 24.3 Å². The fraction of sp³-hybridized carbons (Fsp3) is 0.565. The fourth-order valence-corrected chi connectivity index (χ4v) is 3.02. The van der Waals surface area contributed by atoms with E-state index in [4.69, 9.17) is 4.74 Å². The highest BCUT2D eigenvalue weighted by molar-refractivity contribution is 5.92. The molecular formula is C23H34N4O6. The van der Waals surface area contributed by atoms with E-state index >= 15 is 0 Å². The van der Waals surface area contributed by atoms with Crippen molar-refractivity contribution in [3.63, 3.8) is 0 Å². The van der Waals surface area contributed by atoms with Gasteiger partial charge in [0.05, 0.1) is 12.7 Å². The number of rotatable bonds is 11. The SMILES string of the molecule is CCCCCNC(=O)C(c1ccc(O)cc1)N(CC#N)C(=O)C(CO)NC(=O)OC(C)(C)C. The van der Waals surface area contributed by atoms with Crippen LogP contribution < -0.4 is 10.6 Å². The Hall–Kier alpha value is -3.32. The first-order valence-corrected chi connectivity index (χ1v) is 10.9. The zero-order valence-electron chi connectivity index (χ0n) is 19.6. The Balaban J connectivity index is 3.23. The number of nitrogens with zero attached hydrogens (tertiary/aromatic N) is 2. The van der Waals surface area contributed by atoms with Crippen LogP contribution >= 0.6 is 0 Å². The molecule has 3 amide bonds. The number of aliphatic hydroxyl groups is 1. The molecule has 0 aromatic heterocycles. The molecule has 0 bridgehead atoms. The molecule has 1 aromatic rings. The molecule has 0 aliphatic carbocycles. The van der Waals surface area contributed by atoms with Crippen LogP contribution in [0.1, 0.15) is 58.6 Å². The molecule has 2 unspecified atom stereocenters. The van der Waals surface area contributed by atoms with Gasteiger partial charge in [-0.25, -0.2) is 4.79 Å². The van der Waals surface area contributed by atoms with E-state index in [1.165, 1.54) is 24.3 Å². The predicted molar refractivity (Wildman–Crippen MR) is 121 cm³/mol. The van der Waals surface area contributed by atoms with Crippen molar-refractivity contribution in [2.75, 3.05) is 19.7 Å². The van der Waals surface area contributed by atoms with Crippen LogP contribution in [0.3, 0.4) is 0 Å². The van der Waals surface area contributed by atoms with E-state index in [2.05, 4.69) is 10.6 Å². The third-order valence-electron chi connectivity index (χ3n) is 4.54. The van der Waals surface area contributed by atoms with E-state index in [0.29, 0.717) is 12.1 Å². The van der Waals surface area contributed by atoms with Crippen molar-refractivity contribution in [3.8, 4) is 11.8 Å². The van der Waals surface area contributed by atoms with Crippen molar-refractivity contribution in [1.82, 2.24) is 15.5 Å². The number of hydrogen-bond donors (Lipinski definition) is 4. The van der Waals surface area contributed by atoms with Crippen LogP contribution in [0.25, 0.3) is 0 Å². The fourth-order valence-electron chi connectivity index (χ4n) is 3.02. The minimum absolute atomic E-state index is 0.0289. The lowest BCUT2D eigenvalue weighted by Crippen LogP contribution is -2.54. The van der Waals surface area contributed by atoms with E-state index in [0.717, 1.165) is 24.2 Å².